The minimum atomic E-state index is -0.222. The molecule has 170 valence electrons. The number of nitrogens with zero attached hydrogens (tertiary/aromatic N) is 5. The zero-order valence-corrected chi connectivity index (χ0v) is 18.8. The van der Waals surface area contributed by atoms with Crippen LogP contribution in [0.5, 0.6) is 0 Å². The SMILES string of the molecule is CN1CCN(c2ccc(C(=O)Nn3ncc4c3CN(C(=O)Cc3ccccc3)C4)cc2)CC1. The smallest absolute Gasteiger partial charge is 0.271 e. The lowest BCUT2D eigenvalue weighted by Crippen LogP contribution is -2.44. The van der Waals surface area contributed by atoms with Gasteiger partial charge in [-0.15, -0.1) is 0 Å². The van der Waals surface area contributed by atoms with E-state index in [1.54, 1.807) is 11.1 Å². The number of aromatic nitrogens is 2. The first kappa shape index (κ1) is 21.2. The molecule has 0 spiro atoms. The standard InChI is InChI=1S/C25H28N6O2/c1-28-11-13-29(14-12-28)22-9-7-20(8-10-22)25(33)27-31-23-18-30(17-21(23)16-26-31)24(32)15-19-5-3-2-4-6-19/h2-10,16H,11-15,17-18H2,1H3,(H,27,33). The molecule has 3 heterocycles. The molecule has 2 aliphatic heterocycles. The number of rotatable bonds is 5. The number of hydrogen-bond acceptors (Lipinski definition) is 5. The first-order valence-corrected chi connectivity index (χ1v) is 11.3. The van der Waals surface area contributed by atoms with Crippen LogP contribution in [0, 0.1) is 0 Å². The van der Waals surface area contributed by atoms with Gasteiger partial charge in [0.05, 0.1) is 24.9 Å². The van der Waals surface area contributed by atoms with Crippen molar-refractivity contribution in [2.24, 2.45) is 0 Å². The molecule has 2 amide bonds. The van der Waals surface area contributed by atoms with E-state index in [4.69, 9.17) is 0 Å². The van der Waals surface area contributed by atoms with Gasteiger partial charge in [-0.2, -0.15) is 9.89 Å². The van der Waals surface area contributed by atoms with Crippen LogP contribution in [0.1, 0.15) is 27.2 Å². The molecule has 0 saturated carbocycles. The maximum Gasteiger partial charge on any atom is 0.271 e. The summed E-state index contributed by atoms with van der Waals surface area (Å²) in [6.45, 7) is 5.00. The Morgan fingerprint density at radius 1 is 0.939 bits per heavy atom. The minimum absolute atomic E-state index is 0.0646. The molecular formula is C25H28N6O2. The number of carbonyl (C=O) groups is 2. The minimum Gasteiger partial charge on any atom is -0.369 e. The molecule has 0 bridgehead atoms. The molecule has 5 rings (SSSR count). The topological polar surface area (TPSA) is 73.7 Å². The average molecular weight is 445 g/mol. The van der Waals surface area contributed by atoms with E-state index in [-0.39, 0.29) is 11.8 Å². The molecule has 2 aliphatic rings. The van der Waals surface area contributed by atoms with E-state index in [0.717, 1.165) is 48.7 Å². The molecular weight excluding hydrogens is 416 g/mol. The van der Waals surface area contributed by atoms with Crippen LogP contribution >= 0.6 is 0 Å². The zero-order valence-electron chi connectivity index (χ0n) is 18.8. The Hall–Kier alpha value is -3.65. The molecule has 1 saturated heterocycles. The summed E-state index contributed by atoms with van der Waals surface area (Å²) in [5.74, 6) is -0.158. The predicted molar refractivity (Wildman–Crippen MR) is 126 cm³/mol. The molecule has 0 aliphatic carbocycles. The molecule has 8 heteroatoms. The fraction of sp³-hybridized carbons (Fsp3) is 0.320. The van der Waals surface area contributed by atoms with Crippen molar-refractivity contribution in [2.45, 2.75) is 19.5 Å². The summed E-state index contributed by atoms with van der Waals surface area (Å²) in [7, 11) is 2.13. The Balaban J connectivity index is 1.20. The molecule has 3 aromatic rings. The number of carbonyl (C=O) groups excluding carboxylic acids is 2. The summed E-state index contributed by atoms with van der Waals surface area (Å²) in [4.78, 5) is 33.5. The quantitative estimate of drug-likeness (QED) is 0.653. The fourth-order valence-corrected chi connectivity index (χ4v) is 4.35. The normalized spacial score (nSPS) is 16.0. The van der Waals surface area contributed by atoms with Crippen molar-refractivity contribution in [2.75, 3.05) is 43.6 Å². The van der Waals surface area contributed by atoms with Crippen molar-refractivity contribution < 1.29 is 9.59 Å². The largest absolute Gasteiger partial charge is 0.369 e. The number of hydrogen-bond donors (Lipinski definition) is 1. The molecule has 0 unspecified atom stereocenters. The van der Waals surface area contributed by atoms with Crippen LogP contribution in [0.2, 0.25) is 0 Å². The van der Waals surface area contributed by atoms with E-state index >= 15 is 0 Å². The van der Waals surface area contributed by atoms with Gasteiger partial charge in [0.15, 0.2) is 0 Å². The molecule has 33 heavy (non-hydrogen) atoms. The van der Waals surface area contributed by atoms with Gasteiger partial charge in [-0.25, -0.2) is 5.43 Å². The van der Waals surface area contributed by atoms with E-state index in [2.05, 4.69) is 27.4 Å². The number of nitrogens with one attached hydrogen (secondary N) is 1. The van der Waals surface area contributed by atoms with Crippen LogP contribution in [-0.4, -0.2) is 64.7 Å². The summed E-state index contributed by atoms with van der Waals surface area (Å²) < 4.78 is 0. The molecule has 1 N–H and O–H groups in total. The molecule has 2 aromatic carbocycles. The summed E-state index contributed by atoms with van der Waals surface area (Å²) in [5, 5.41) is 4.31. The Bertz CT molecular complexity index is 1130. The number of amides is 2. The predicted octanol–water partition coefficient (Wildman–Crippen LogP) is 2.10. The number of likely N-dealkylation sites (N-methyl/N-ethyl adjacent to an activating group) is 1. The van der Waals surface area contributed by atoms with Crippen LogP contribution < -0.4 is 10.3 Å². The summed E-state index contributed by atoms with van der Waals surface area (Å²) >= 11 is 0. The molecule has 1 aromatic heterocycles. The lowest BCUT2D eigenvalue weighted by atomic mass is 10.1. The second-order valence-electron chi connectivity index (χ2n) is 8.72. The third-order valence-electron chi connectivity index (χ3n) is 6.41. The lowest BCUT2D eigenvalue weighted by molar-refractivity contribution is -0.131. The number of anilines is 1. The second-order valence-corrected chi connectivity index (χ2v) is 8.72. The van der Waals surface area contributed by atoms with Gasteiger partial charge >= 0.3 is 0 Å². The Labute approximate surface area is 193 Å². The maximum absolute atomic E-state index is 12.8. The van der Waals surface area contributed by atoms with Crippen LogP contribution in [-0.2, 0) is 24.3 Å². The average Bonchev–Trinajstić information content (AvgIpc) is 3.42. The zero-order chi connectivity index (χ0) is 22.8. The first-order chi connectivity index (χ1) is 16.1. The van der Waals surface area contributed by atoms with Crippen LogP contribution in [0.15, 0.2) is 60.8 Å². The van der Waals surface area contributed by atoms with E-state index < -0.39 is 0 Å². The number of benzene rings is 2. The lowest BCUT2D eigenvalue weighted by Gasteiger charge is -2.34. The molecule has 0 atom stereocenters. The van der Waals surface area contributed by atoms with Crippen LogP contribution in [0.3, 0.4) is 0 Å². The molecule has 1 fully saturated rings. The summed E-state index contributed by atoms with van der Waals surface area (Å²) in [5.41, 5.74) is 7.37. The number of fused-ring (bicyclic) bond motifs is 1. The molecule has 8 nitrogen and oxygen atoms in total. The van der Waals surface area contributed by atoms with Gasteiger partial charge in [0, 0.05) is 49.5 Å². The van der Waals surface area contributed by atoms with Gasteiger partial charge in [-0.05, 0) is 36.9 Å². The Morgan fingerprint density at radius 2 is 1.67 bits per heavy atom. The third-order valence-corrected chi connectivity index (χ3v) is 6.41. The maximum atomic E-state index is 12.8. The van der Waals surface area contributed by atoms with Gasteiger partial charge in [0.2, 0.25) is 5.91 Å². The highest BCUT2D eigenvalue weighted by atomic mass is 16.2. The van der Waals surface area contributed by atoms with E-state index in [1.165, 1.54) is 4.79 Å². The summed E-state index contributed by atoms with van der Waals surface area (Å²) in [6, 6.07) is 17.4. The fourth-order valence-electron chi connectivity index (χ4n) is 4.35. The monoisotopic (exact) mass is 444 g/mol. The van der Waals surface area contributed by atoms with Crippen molar-refractivity contribution in [3.63, 3.8) is 0 Å². The van der Waals surface area contributed by atoms with E-state index in [0.29, 0.717) is 25.1 Å². The third kappa shape index (κ3) is 4.61. The van der Waals surface area contributed by atoms with Gasteiger partial charge in [0.25, 0.3) is 5.91 Å². The van der Waals surface area contributed by atoms with Crippen molar-refractivity contribution in [1.82, 2.24) is 19.7 Å². The first-order valence-electron chi connectivity index (χ1n) is 11.3. The Morgan fingerprint density at radius 3 is 2.39 bits per heavy atom. The van der Waals surface area contributed by atoms with Gasteiger partial charge in [-0.3, -0.25) is 9.59 Å². The van der Waals surface area contributed by atoms with Gasteiger partial charge in [0.1, 0.15) is 0 Å². The van der Waals surface area contributed by atoms with Crippen molar-refractivity contribution in [1.29, 1.82) is 0 Å². The van der Waals surface area contributed by atoms with E-state index in [1.807, 2.05) is 54.6 Å². The van der Waals surface area contributed by atoms with Crippen molar-refractivity contribution in [3.05, 3.63) is 83.2 Å². The number of piperazine rings is 1. The second kappa shape index (κ2) is 9.07. The van der Waals surface area contributed by atoms with Crippen molar-refractivity contribution >= 4 is 17.5 Å². The summed E-state index contributed by atoms with van der Waals surface area (Å²) in [6.07, 6.45) is 2.09. The van der Waals surface area contributed by atoms with Gasteiger partial charge in [-0.1, -0.05) is 30.3 Å². The highest BCUT2D eigenvalue weighted by Crippen LogP contribution is 2.23. The van der Waals surface area contributed by atoms with Crippen LogP contribution in [0.4, 0.5) is 5.69 Å². The highest BCUT2D eigenvalue weighted by molar-refractivity contribution is 6.00. The highest BCUT2D eigenvalue weighted by Gasteiger charge is 2.28. The van der Waals surface area contributed by atoms with E-state index in [9.17, 15) is 9.59 Å². The molecule has 0 radical (unpaired) electrons. The Kier molecular flexibility index (Phi) is 5.83. The van der Waals surface area contributed by atoms with Gasteiger partial charge < -0.3 is 14.7 Å². The van der Waals surface area contributed by atoms with Crippen molar-refractivity contribution in [3.8, 4) is 0 Å². The van der Waals surface area contributed by atoms with Crippen LogP contribution in [0.25, 0.3) is 0 Å².